The molecule has 2 aromatic carbocycles. The van der Waals surface area contributed by atoms with E-state index in [1.807, 2.05) is 6.92 Å². The van der Waals surface area contributed by atoms with Crippen molar-refractivity contribution < 1.29 is 33.6 Å². The summed E-state index contributed by atoms with van der Waals surface area (Å²) < 4.78 is 22.0. The van der Waals surface area contributed by atoms with Crippen LogP contribution >= 0.6 is 0 Å². The number of aliphatic hydroxyl groups is 1. The summed E-state index contributed by atoms with van der Waals surface area (Å²) in [6.07, 6.45) is 1.63. The zero-order chi connectivity index (χ0) is 27.2. The summed E-state index contributed by atoms with van der Waals surface area (Å²) >= 11 is 0. The third-order valence-corrected chi connectivity index (χ3v) is 6.85. The lowest BCUT2D eigenvalue weighted by Gasteiger charge is -2.31. The number of aliphatic hydroxyl groups excluding tert-OH is 1. The van der Waals surface area contributed by atoms with E-state index in [-0.39, 0.29) is 11.3 Å². The van der Waals surface area contributed by atoms with E-state index >= 15 is 0 Å². The average Bonchev–Trinajstić information content (AvgIpc) is 3.19. The molecule has 0 aromatic heterocycles. The van der Waals surface area contributed by atoms with Crippen molar-refractivity contribution in [3.8, 4) is 17.2 Å². The van der Waals surface area contributed by atoms with Gasteiger partial charge in [-0.05, 0) is 48.4 Å². The van der Waals surface area contributed by atoms with Crippen LogP contribution in [0.1, 0.15) is 22.7 Å². The summed E-state index contributed by atoms with van der Waals surface area (Å²) in [4.78, 5) is 30.5. The van der Waals surface area contributed by atoms with Crippen LogP contribution in [0.4, 0.5) is 0 Å². The minimum atomic E-state index is -0.806. The van der Waals surface area contributed by atoms with Crippen molar-refractivity contribution in [3.05, 3.63) is 71.3 Å². The van der Waals surface area contributed by atoms with Gasteiger partial charge in [-0.25, -0.2) is 0 Å². The number of ether oxygens (including phenoxy) is 4. The van der Waals surface area contributed by atoms with Gasteiger partial charge in [0.1, 0.15) is 18.1 Å². The van der Waals surface area contributed by atoms with Crippen LogP contribution < -0.4 is 14.2 Å². The first-order valence-electron chi connectivity index (χ1n) is 12.5. The van der Waals surface area contributed by atoms with Crippen molar-refractivity contribution in [2.75, 3.05) is 60.2 Å². The first-order chi connectivity index (χ1) is 18.4. The number of morpholine rings is 1. The van der Waals surface area contributed by atoms with Gasteiger partial charge in [-0.3, -0.25) is 14.5 Å². The topological polar surface area (TPSA) is 97.8 Å². The van der Waals surface area contributed by atoms with E-state index in [4.69, 9.17) is 18.9 Å². The van der Waals surface area contributed by atoms with Crippen LogP contribution in [0, 0.1) is 6.92 Å². The van der Waals surface area contributed by atoms with Crippen molar-refractivity contribution >= 4 is 17.4 Å². The lowest BCUT2D eigenvalue weighted by Crippen LogP contribution is -2.42. The molecule has 2 aliphatic heterocycles. The van der Waals surface area contributed by atoms with Crippen molar-refractivity contribution in [2.24, 2.45) is 0 Å². The molecule has 38 heavy (non-hydrogen) atoms. The Hall–Kier alpha value is -3.82. The molecule has 0 radical (unpaired) electrons. The first kappa shape index (κ1) is 27.2. The molecule has 0 bridgehead atoms. The van der Waals surface area contributed by atoms with Gasteiger partial charge in [0.15, 0.2) is 11.5 Å². The second-order valence-corrected chi connectivity index (χ2v) is 9.14. The minimum absolute atomic E-state index is 0.0343. The Bertz CT molecular complexity index is 1230. The number of amides is 1. The number of likely N-dealkylation sites (tertiary alicyclic amines) is 1. The number of benzene rings is 2. The molecule has 0 spiro atoms. The summed E-state index contributed by atoms with van der Waals surface area (Å²) in [6.45, 7) is 9.43. The second-order valence-electron chi connectivity index (χ2n) is 9.14. The highest BCUT2D eigenvalue weighted by Gasteiger charge is 2.46. The quantitative estimate of drug-likeness (QED) is 0.220. The highest BCUT2D eigenvalue weighted by Crippen LogP contribution is 2.42. The highest BCUT2D eigenvalue weighted by molar-refractivity contribution is 6.46. The fourth-order valence-electron chi connectivity index (χ4n) is 4.83. The molecule has 1 atom stereocenters. The number of rotatable bonds is 10. The molecule has 2 heterocycles. The van der Waals surface area contributed by atoms with Gasteiger partial charge in [0.05, 0.1) is 39.0 Å². The van der Waals surface area contributed by atoms with Crippen LogP contribution in [0.5, 0.6) is 17.2 Å². The summed E-state index contributed by atoms with van der Waals surface area (Å²) in [7, 11) is 3.08. The molecule has 1 amide bonds. The molecule has 2 aliphatic rings. The Morgan fingerprint density at radius 2 is 1.84 bits per heavy atom. The average molecular weight is 523 g/mol. The molecule has 9 nitrogen and oxygen atoms in total. The van der Waals surface area contributed by atoms with Gasteiger partial charge in [-0.15, -0.1) is 0 Å². The van der Waals surface area contributed by atoms with E-state index in [1.54, 1.807) is 49.6 Å². The maximum absolute atomic E-state index is 13.4. The maximum atomic E-state index is 13.4. The molecule has 9 heteroatoms. The van der Waals surface area contributed by atoms with Gasteiger partial charge in [0.2, 0.25) is 0 Å². The van der Waals surface area contributed by atoms with Gasteiger partial charge in [-0.2, -0.15) is 0 Å². The van der Waals surface area contributed by atoms with Crippen molar-refractivity contribution in [1.29, 1.82) is 0 Å². The van der Waals surface area contributed by atoms with Crippen LogP contribution in [0.15, 0.2) is 54.6 Å². The predicted molar refractivity (Wildman–Crippen MR) is 143 cm³/mol. The molecule has 1 N–H and O–H groups in total. The molecule has 202 valence electrons. The van der Waals surface area contributed by atoms with Gasteiger partial charge in [0.25, 0.3) is 11.7 Å². The molecule has 2 fully saturated rings. The molecule has 4 rings (SSSR count). The molecule has 1 unspecified atom stereocenters. The summed E-state index contributed by atoms with van der Waals surface area (Å²) in [6, 6.07) is 9.62. The fraction of sp³-hybridized carbons (Fsp3) is 0.379. The number of nitrogens with zero attached hydrogens (tertiary/aromatic N) is 2. The van der Waals surface area contributed by atoms with E-state index in [0.29, 0.717) is 66.8 Å². The zero-order valence-corrected chi connectivity index (χ0v) is 22.1. The highest BCUT2D eigenvalue weighted by atomic mass is 16.5. The maximum Gasteiger partial charge on any atom is 0.295 e. The van der Waals surface area contributed by atoms with E-state index in [0.717, 1.165) is 13.1 Å². The zero-order valence-electron chi connectivity index (χ0n) is 22.1. The molecular formula is C29H34N2O7. The fourth-order valence-corrected chi connectivity index (χ4v) is 4.83. The number of carbonyl (C=O) groups excluding carboxylic acids is 2. The smallest absolute Gasteiger partial charge is 0.295 e. The van der Waals surface area contributed by atoms with E-state index in [1.165, 1.54) is 12.0 Å². The Balaban J connectivity index is 1.79. The molecule has 0 aliphatic carbocycles. The first-order valence-corrected chi connectivity index (χ1v) is 12.5. The number of methoxy groups -OCH3 is 2. The Kier molecular flexibility index (Phi) is 8.70. The third kappa shape index (κ3) is 5.54. The standard InChI is InChI=1S/C29H34N2O7/c1-5-14-38-23-9-6-20(18-24(23)36-4)26-25(27(32)22-8-7-21(35-3)17-19(22)2)28(33)29(34)31(26)11-10-30-12-15-37-16-13-30/h5-9,17-18,26,32H,1,10-16H2,2-4H3/b27-25+. The predicted octanol–water partition coefficient (Wildman–Crippen LogP) is 3.33. The second kappa shape index (κ2) is 12.1. The van der Waals surface area contributed by atoms with Crippen LogP contribution in [-0.2, 0) is 14.3 Å². The molecule has 2 aromatic rings. The normalized spacial score (nSPS) is 19.4. The van der Waals surface area contributed by atoms with Gasteiger partial charge in [-0.1, -0.05) is 18.7 Å². The lowest BCUT2D eigenvalue weighted by molar-refractivity contribution is -0.140. The monoisotopic (exact) mass is 522 g/mol. The minimum Gasteiger partial charge on any atom is -0.507 e. The van der Waals surface area contributed by atoms with Crippen molar-refractivity contribution in [1.82, 2.24) is 9.80 Å². The van der Waals surface area contributed by atoms with Crippen molar-refractivity contribution in [2.45, 2.75) is 13.0 Å². The van der Waals surface area contributed by atoms with Crippen LogP contribution in [-0.4, -0.2) is 86.8 Å². The number of hydrogen-bond donors (Lipinski definition) is 1. The largest absolute Gasteiger partial charge is 0.507 e. The number of ketones is 1. The van der Waals surface area contributed by atoms with Crippen molar-refractivity contribution in [3.63, 3.8) is 0 Å². The van der Waals surface area contributed by atoms with E-state index < -0.39 is 17.7 Å². The van der Waals surface area contributed by atoms with E-state index in [9.17, 15) is 14.7 Å². The Morgan fingerprint density at radius 3 is 2.50 bits per heavy atom. The number of Topliss-reactive ketones (excluding diaryl/α,β-unsaturated/α-hetero) is 1. The summed E-state index contributed by atoms with van der Waals surface area (Å²) in [5.74, 6) is -0.0246. The summed E-state index contributed by atoms with van der Waals surface area (Å²) in [5, 5.41) is 11.5. The van der Waals surface area contributed by atoms with E-state index in [2.05, 4.69) is 11.5 Å². The number of carbonyl (C=O) groups is 2. The number of hydrogen-bond acceptors (Lipinski definition) is 8. The van der Waals surface area contributed by atoms with Gasteiger partial charge < -0.3 is 29.0 Å². The molecule has 0 saturated carbocycles. The molecule has 2 saturated heterocycles. The summed E-state index contributed by atoms with van der Waals surface area (Å²) in [5.41, 5.74) is 1.83. The Morgan fingerprint density at radius 1 is 1.08 bits per heavy atom. The third-order valence-electron chi connectivity index (χ3n) is 6.85. The van der Waals surface area contributed by atoms with Crippen LogP contribution in [0.2, 0.25) is 0 Å². The molecular weight excluding hydrogens is 488 g/mol. The number of aryl methyl sites for hydroxylation is 1. The van der Waals surface area contributed by atoms with Crippen LogP contribution in [0.3, 0.4) is 0 Å². The van der Waals surface area contributed by atoms with Crippen LogP contribution in [0.25, 0.3) is 5.76 Å². The van der Waals surface area contributed by atoms with Gasteiger partial charge >= 0.3 is 0 Å². The Labute approximate surface area is 222 Å². The lowest BCUT2D eigenvalue weighted by atomic mass is 9.93. The SMILES string of the molecule is C=CCOc1ccc(C2/C(=C(\O)c3ccc(OC)cc3C)C(=O)C(=O)N2CCN2CCOCC2)cc1OC. The van der Waals surface area contributed by atoms with Gasteiger partial charge in [0, 0.05) is 31.7 Å².